The first-order valence-electron chi connectivity index (χ1n) is 5.96. The second-order valence-corrected chi connectivity index (χ2v) is 4.89. The Hall–Kier alpha value is -1.88. The van der Waals surface area contributed by atoms with Crippen molar-refractivity contribution in [1.29, 1.82) is 0 Å². The predicted molar refractivity (Wildman–Crippen MR) is 69.9 cm³/mol. The molecule has 3 rings (SSSR count). The number of para-hydroxylation sites is 1. The number of nitrogens with one attached hydrogen (secondary N) is 2. The molecule has 0 unspecified atom stereocenters. The summed E-state index contributed by atoms with van der Waals surface area (Å²) in [7, 11) is 0. The third kappa shape index (κ3) is 2.33. The van der Waals surface area contributed by atoms with Gasteiger partial charge < -0.3 is 5.32 Å². The van der Waals surface area contributed by atoms with E-state index in [0.29, 0.717) is 10.9 Å². The maximum atomic E-state index is 13.4. The van der Waals surface area contributed by atoms with Gasteiger partial charge in [0.1, 0.15) is 5.82 Å². The fourth-order valence-corrected chi connectivity index (χ4v) is 2.20. The molecule has 2 N–H and O–H groups in total. The predicted octanol–water partition coefficient (Wildman–Crippen LogP) is 3.33. The van der Waals surface area contributed by atoms with Crippen LogP contribution in [0.5, 0.6) is 0 Å². The van der Waals surface area contributed by atoms with Crippen LogP contribution in [0, 0.1) is 5.82 Å². The molecule has 1 aliphatic rings. The van der Waals surface area contributed by atoms with Crippen molar-refractivity contribution in [2.24, 2.45) is 0 Å². The van der Waals surface area contributed by atoms with Crippen LogP contribution in [0.4, 0.5) is 10.1 Å². The van der Waals surface area contributed by atoms with E-state index >= 15 is 0 Å². The van der Waals surface area contributed by atoms with Gasteiger partial charge in [-0.05, 0) is 25.0 Å². The van der Waals surface area contributed by atoms with E-state index in [9.17, 15) is 9.18 Å². The fraction of sp³-hybridized carbons (Fsp3) is 0.231. The monoisotopic (exact) mass is 279 g/mol. The maximum absolute atomic E-state index is 13.4. The molecule has 1 fully saturated rings. The van der Waals surface area contributed by atoms with Gasteiger partial charge in [-0.1, -0.05) is 23.7 Å². The Morgan fingerprint density at radius 1 is 1.42 bits per heavy atom. The molecule has 4 nitrogen and oxygen atoms in total. The molecular weight excluding hydrogens is 269 g/mol. The lowest BCUT2D eigenvalue weighted by Crippen LogP contribution is -2.14. The zero-order valence-corrected chi connectivity index (χ0v) is 10.7. The molecule has 0 spiro atoms. The number of amides is 1. The number of carbonyl (C=O) groups excluding carboxylic acids is 1. The third-order valence-corrected chi connectivity index (χ3v) is 3.44. The van der Waals surface area contributed by atoms with E-state index in [0.717, 1.165) is 18.5 Å². The molecule has 1 saturated carbocycles. The van der Waals surface area contributed by atoms with Crippen molar-refractivity contribution < 1.29 is 9.18 Å². The highest BCUT2D eigenvalue weighted by Crippen LogP contribution is 2.42. The summed E-state index contributed by atoms with van der Waals surface area (Å²) in [6.45, 7) is 0. The average molecular weight is 280 g/mol. The number of benzene rings is 1. The van der Waals surface area contributed by atoms with E-state index in [-0.39, 0.29) is 11.4 Å². The minimum absolute atomic E-state index is 0.104. The second-order valence-electron chi connectivity index (χ2n) is 4.51. The van der Waals surface area contributed by atoms with Crippen molar-refractivity contribution in [2.45, 2.75) is 18.8 Å². The smallest absolute Gasteiger partial charge is 0.277 e. The number of carbonyl (C=O) groups is 1. The van der Waals surface area contributed by atoms with Crippen molar-refractivity contribution >= 4 is 23.2 Å². The topological polar surface area (TPSA) is 57.8 Å². The number of hydrogen-bond donors (Lipinski definition) is 2. The first kappa shape index (κ1) is 12.2. The van der Waals surface area contributed by atoms with E-state index < -0.39 is 11.7 Å². The highest BCUT2D eigenvalue weighted by molar-refractivity contribution is 6.34. The Balaban J connectivity index is 1.82. The number of H-pyrrole nitrogens is 1. The Labute approximate surface area is 114 Å². The molecule has 19 heavy (non-hydrogen) atoms. The first-order chi connectivity index (χ1) is 9.16. The van der Waals surface area contributed by atoms with Gasteiger partial charge in [0.2, 0.25) is 0 Å². The molecule has 1 amide bonds. The van der Waals surface area contributed by atoms with Gasteiger partial charge in [-0.2, -0.15) is 5.10 Å². The molecule has 0 saturated heterocycles. The maximum Gasteiger partial charge on any atom is 0.277 e. The van der Waals surface area contributed by atoms with Crippen molar-refractivity contribution in [2.75, 3.05) is 5.32 Å². The largest absolute Gasteiger partial charge is 0.318 e. The van der Waals surface area contributed by atoms with Gasteiger partial charge in [0, 0.05) is 5.92 Å². The normalized spacial score (nSPS) is 14.4. The molecule has 98 valence electrons. The van der Waals surface area contributed by atoms with Gasteiger partial charge in [-0.3, -0.25) is 9.89 Å². The van der Waals surface area contributed by atoms with Crippen LogP contribution in [0.15, 0.2) is 24.3 Å². The summed E-state index contributed by atoms with van der Waals surface area (Å²) in [5.74, 6) is -0.641. The molecule has 0 radical (unpaired) electrons. The van der Waals surface area contributed by atoms with Crippen LogP contribution < -0.4 is 5.32 Å². The van der Waals surface area contributed by atoms with E-state index in [2.05, 4.69) is 15.5 Å². The van der Waals surface area contributed by atoms with Crippen molar-refractivity contribution in [3.05, 3.63) is 46.5 Å². The molecule has 6 heteroatoms. The summed E-state index contributed by atoms with van der Waals surface area (Å²) in [4.78, 5) is 12.0. The molecule has 1 aromatic heterocycles. The summed E-state index contributed by atoms with van der Waals surface area (Å²) in [6, 6.07) is 5.95. The molecule has 0 aliphatic heterocycles. The first-order valence-corrected chi connectivity index (χ1v) is 6.34. The zero-order valence-electron chi connectivity index (χ0n) is 9.91. The molecule has 0 bridgehead atoms. The molecule has 1 aromatic carbocycles. The van der Waals surface area contributed by atoms with Crippen LogP contribution >= 0.6 is 11.6 Å². The molecular formula is C13H11ClFN3O. The number of anilines is 1. The summed E-state index contributed by atoms with van der Waals surface area (Å²) < 4.78 is 13.4. The minimum atomic E-state index is -0.516. The fourth-order valence-electron chi connectivity index (χ4n) is 1.88. The minimum Gasteiger partial charge on any atom is -0.318 e. The zero-order chi connectivity index (χ0) is 13.4. The lowest BCUT2D eigenvalue weighted by molar-refractivity contribution is 0.102. The lowest BCUT2D eigenvalue weighted by atomic mass is 10.2. The SMILES string of the molecule is O=C(Nc1ccccc1F)c1n[nH]c(C2CC2)c1Cl. The van der Waals surface area contributed by atoms with Crippen molar-refractivity contribution in [3.8, 4) is 0 Å². The number of hydrogen-bond acceptors (Lipinski definition) is 2. The standard InChI is InChI=1S/C13H11ClFN3O/c14-10-11(7-5-6-7)17-18-12(10)13(19)16-9-4-2-1-3-8(9)15/h1-4,7H,5-6H2,(H,16,19)(H,17,18). The van der Waals surface area contributed by atoms with Crippen LogP contribution in [0.25, 0.3) is 0 Å². The molecule has 1 aliphatic carbocycles. The number of rotatable bonds is 3. The third-order valence-electron chi connectivity index (χ3n) is 3.06. The van der Waals surface area contributed by atoms with E-state index in [1.165, 1.54) is 12.1 Å². The van der Waals surface area contributed by atoms with Gasteiger partial charge >= 0.3 is 0 Å². The van der Waals surface area contributed by atoms with E-state index in [1.807, 2.05) is 0 Å². The Morgan fingerprint density at radius 3 is 2.84 bits per heavy atom. The number of aromatic nitrogens is 2. The Kier molecular flexibility index (Phi) is 2.98. The highest BCUT2D eigenvalue weighted by atomic mass is 35.5. The van der Waals surface area contributed by atoms with Crippen LogP contribution in [0.3, 0.4) is 0 Å². The molecule has 0 atom stereocenters. The van der Waals surface area contributed by atoms with Gasteiger partial charge in [-0.15, -0.1) is 0 Å². The van der Waals surface area contributed by atoms with Gasteiger partial charge in [0.15, 0.2) is 5.69 Å². The van der Waals surface area contributed by atoms with Crippen LogP contribution in [-0.2, 0) is 0 Å². The second kappa shape index (κ2) is 4.66. The summed E-state index contributed by atoms with van der Waals surface area (Å²) in [5, 5.41) is 9.48. The number of aromatic amines is 1. The summed E-state index contributed by atoms with van der Waals surface area (Å²) >= 11 is 6.11. The van der Waals surface area contributed by atoms with Crippen LogP contribution in [-0.4, -0.2) is 16.1 Å². The van der Waals surface area contributed by atoms with E-state index in [4.69, 9.17) is 11.6 Å². The number of halogens is 2. The van der Waals surface area contributed by atoms with Crippen molar-refractivity contribution in [3.63, 3.8) is 0 Å². The van der Waals surface area contributed by atoms with Crippen molar-refractivity contribution in [1.82, 2.24) is 10.2 Å². The molecule has 1 heterocycles. The summed E-state index contributed by atoms with van der Waals surface area (Å²) in [5.41, 5.74) is 1.01. The van der Waals surface area contributed by atoms with E-state index in [1.54, 1.807) is 12.1 Å². The highest BCUT2D eigenvalue weighted by Gasteiger charge is 2.30. The van der Waals surface area contributed by atoms with Gasteiger partial charge in [-0.25, -0.2) is 4.39 Å². The Bertz CT molecular complexity index is 637. The average Bonchev–Trinajstić information content (AvgIpc) is 3.15. The van der Waals surface area contributed by atoms with Gasteiger partial charge in [0.05, 0.1) is 16.4 Å². The lowest BCUT2D eigenvalue weighted by Gasteiger charge is -2.04. The molecule has 2 aromatic rings. The van der Waals surface area contributed by atoms with Crippen LogP contribution in [0.1, 0.15) is 34.9 Å². The van der Waals surface area contributed by atoms with Crippen LogP contribution in [0.2, 0.25) is 5.02 Å². The Morgan fingerprint density at radius 2 is 2.16 bits per heavy atom. The quantitative estimate of drug-likeness (QED) is 0.905. The number of nitrogens with zero attached hydrogens (tertiary/aromatic N) is 1. The summed E-state index contributed by atoms with van der Waals surface area (Å²) in [6.07, 6.45) is 2.10. The van der Waals surface area contributed by atoms with Gasteiger partial charge in [0.25, 0.3) is 5.91 Å².